The van der Waals surface area contributed by atoms with Crippen LogP contribution in [0.1, 0.15) is 0 Å². The molecular weight excluding hydrogens is 278 g/mol. The Labute approximate surface area is 98.2 Å². The van der Waals surface area contributed by atoms with E-state index in [1.54, 1.807) is 24.3 Å². The minimum Gasteiger partial charge on any atom is -0.380 e. The van der Waals surface area contributed by atoms with Crippen LogP contribution >= 0.6 is 15.9 Å². The lowest BCUT2D eigenvalue weighted by atomic mass is 10.3. The van der Waals surface area contributed by atoms with Crippen LogP contribution in [0.5, 0.6) is 0 Å². The van der Waals surface area contributed by atoms with Crippen LogP contribution in [0.3, 0.4) is 0 Å². The van der Waals surface area contributed by atoms with Gasteiger partial charge < -0.3 is 5.32 Å². The third-order valence-corrected chi connectivity index (χ3v) is 3.18. The minimum atomic E-state index is -3.11. The first kappa shape index (κ1) is 12.3. The maximum atomic E-state index is 11.2. The molecule has 0 unspecified atom stereocenters. The van der Waals surface area contributed by atoms with Crippen molar-refractivity contribution in [3.8, 4) is 0 Å². The molecule has 3 nitrogen and oxygen atoms in total. The van der Waals surface area contributed by atoms with Crippen molar-refractivity contribution in [3.05, 3.63) is 35.3 Å². The van der Waals surface area contributed by atoms with Crippen LogP contribution in [0.2, 0.25) is 0 Å². The SMILES string of the molecule is C=C(Br)CNc1ccc(S(C)(=O)=O)cc1. The first-order valence-corrected chi connectivity index (χ1v) is 6.95. The summed E-state index contributed by atoms with van der Waals surface area (Å²) in [5, 5.41) is 3.08. The average Bonchev–Trinajstić information content (AvgIpc) is 2.14. The van der Waals surface area contributed by atoms with Crippen molar-refractivity contribution in [3.63, 3.8) is 0 Å². The number of halogens is 1. The molecule has 0 saturated heterocycles. The molecule has 0 aliphatic heterocycles. The Hall–Kier alpha value is -0.810. The Bertz CT molecular complexity index is 451. The van der Waals surface area contributed by atoms with Crippen molar-refractivity contribution in [2.45, 2.75) is 4.90 Å². The molecule has 0 aromatic heterocycles. The van der Waals surface area contributed by atoms with Gasteiger partial charge in [-0.1, -0.05) is 22.5 Å². The highest BCUT2D eigenvalue weighted by molar-refractivity contribution is 9.11. The summed E-state index contributed by atoms with van der Waals surface area (Å²) in [6.07, 6.45) is 1.19. The Morgan fingerprint density at radius 2 is 1.93 bits per heavy atom. The van der Waals surface area contributed by atoms with Crippen LogP contribution in [0.25, 0.3) is 0 Å². The topological polar surface area (TPSA) is 46.2 Å². The molecule has 0 atom stereocenters. The Kier molecular flexibility index (Phi) is 3.93. The van der Waals surface area contributed by atoms with Crippen LogP contribution in [-0.2, 0) is 9.84 Å². The van der Waals surface area contributed by atoms with Crippen molar-refractivity contribution in [2.75, 3.05) is 18.1 Å². The van der Waals surface area contributed by atoms with Gasteiger partial charge in [0.15, 0.2) is 9.84 Å². The predicted octanol–water partition coefficient (Wildman–Crippen LogP) is 2.41. The van der Waals surface area contributed by atoms with Gasteiger partial charge in [-0.15, -0.1) is 0 Å². The quantitative estimate of drug-likeness (QED) is 0.926. The Balaban J connectivity index is 2.77. The molecule has 0 aliphatic carbocycles. The molecule has 0 spiro atoms. The zero-order valence-corrected chi connectivity index (χ0v) is 10.7. The van der Waals surface area contributed by atoms with Crippen molar-refractivity contribution in [1.29, 1.82) is 0 Å². The molecule has 15 heavy (non-hydrogen) atoms. The number of nitrogens with one attached hydrogen (secondary N) is 1. The molecule has 0 amide bonds. The summed E-state index contributed by atoms with van der Waals surface area (Å²) in [7, 11) is -3.11. The molecule has 0 heterocycles. The fourth-order valence-corrected chi connectivity index (χ4v) is 1.79. The van der Waals surface area contributed by atoms with E-state index in [4.69, 9.17) is 0 Å². The maximum absolute atomic E-state index is 11.2. The second-order valence-electron chi connectivity index (χ2n) is 3.17. The van der Waals surface area contributed by atoms with Crippen LogP contribution in [0.4, 0.5) is 5.69 Å². The lowest BCUT2D eigenvalue weighted by molar-refractivity contribution is 0.602. The van der Waals surface area contributed by atoms with E-state index in [1.807, 2.05) is 0 Å². The van der Waals surface area contributed by atoms with Gasteiger partial charge in [-0.25, -0.2) is 8.42 Å². The second-order valence-corrected chi connectivity index (χ2v) is 6.30. The molecule has 0 aliphatic rings. The lowest BCUT2D eigenvalue weighted by Crippen LogP contribution is -2.01. The van der Waals surface area contributed by atoms with Crippen LogP contribution in [0.15, 0.2) is 40.2 Å². The number of hydrogen-bond donors (Lipinski definition) is 1. The van der Waals surface area contributed by atoms with E-state index in [9.17, 15) is 8.42 Å². The van der Waals surface area contributed by atoms with Crippen LogP contribution < -0.4 is 5.32 Å². The number of benzene rings is 1. The molecule has 0 saturated carbocycles. The molecule has 0 radical (unpaired) electrons. The zero-order chi connectivity index (χ0) is 11.5. The van der Waals surface area contributed by atoms with E-state index in [0.29, 0.717) is 11.4 Å². The summed E-state index contributed by atoms with van der Waals surface area (Å²) in [6.45, 7) is 4.29. The molecule has 1 N–H and O–H groups in total. The molecule has 0 fully saturated rings. The fraction of sp³-hybridized carbons (Fsp3) is 0.200. The zero-order valence-electron chi connectivity index (χ0n) is 8.33. The summed E-state index contributed by atoms with van der Waals surface area (Å²) in [5.41, 5.74) is 0.864. The Morgan fingerprint density at radius 1 is 1.40 bits per heavy atom. The van der Waals surface area contributed by atoms with Crippen molar-refractivity contribution < 1.29 is 8.42 Å². The number of hydrogen-bond acceptors (Lipinski definition) is 3. The summed E-state index contributed by atoms with van der Waals surface area (Å²) >= 11 is 3.23. The van der Waals surface area contributed by atoms with Gasteiger partial charge in [-0.05, 0) is 24.3 Å². The van der Waals surface area contributed by atoms with E-state index in [1.165, 1.54) is 6.26 Å². The van der Waals surface area contributed by atoms with Crippen LogP contribution in [0, 0.1) is 0 Å². The number of sulfone groups is 1. The summed E-state index contributed by atoms with van der Waals surface area (Å²) < 4.78 is 23.2. The maximum Gasteiger partial charge on any atom is 0.175 e. The summed E-state index contributed by atoms with van der Waals surface area (Å²) in [5.74, 6) is 0. The van der Waals surface area contributed by atoms with Gasteiger partial charge in [-0.2, -0.15) is 0 Å². The van der Waals surface area contributed by atoms with Crippen molar-refractivity contribution in [2.24, 2.45) is 0 Å². The van der Waals surface area contributed by atoms with Gasteiger partial charge in [0, 0.05) is 23.0 Å². The third kappa shape index (κ3) is 4.05. The second kappa shape index (κ2) is 4.81. The minimum absolute atomic E-state index is 0.325. The van der Waals surface area contributed by atoms with Gasteiger partial charge in [0.1, 0.15) is 0 Å². The highest BCUT2D eigenvalue weighted by Crippen LogP contribution is 2.14. The van der Waals surface area contributed by atoms with Gasteiger partial charge in [0.25, 0.3) is 0 Å². The summed E-state index contributed by atoms with van der Waals surface area (Å²) in [6, 6.07) is 6.61. The lowest BCUT2D eigenvalue weighted by Gasteiger charge is -2.05. The van der Waals surface area contributed by atoms with E-state index < -0.39 is 9.84 Å². The fourth-order valence-electron chi connectivity index (χ4n) is 1.02. The largest absolute Gasteiger partial charge is 0.380 e. The Morgan fingerprint density at radius 3 is 2.33 bits per heavy atom. The monoisotopic (exact) mass is 289 g/mol. The first-order valence-electron chi connectivity index (χ1n) is 4.27. The molecular formula is C10H12BrNO2S. The molecule has 1 aromatic rings. The number of anilines is 1. The van der Waals surface area contributed by atoms with E-state index >= 15 is 0 Å². The van der Waals surface area contributed by atoms with Crippen LogP contribution in [-0.4, -0.2) is 21.2 Å². The van der Waals surface area contributed by atoms with E-state index in [0.717, 1.165) is 10.2 Å². The molecule has 0 bridgehead atoms. The van der Waals surface area contributed by atoms with E-state index in [-0.39, 0.29) is 0 Å². The van der Waals surface area contributed by atoms with E-state index in [2.05, 4.69) is 27.8 Å². The van der Waals surface area contributed by atoms with Crippen molar-refractivity contribution in [1.82, 2.24) is 0 Å². The highest BCUT2D eigenvalue weighted by atomic mass is 79.9. The number of rotatable bonds is 4. The van der Waals surface area contributed by atoms with Gasteiger partial charge in [-0.3, -0.25) is 0 Å². The summed E-state index contributed by atoms with van der Waals surface area (Å²) in [4.78, 5) is 0.325. The third-order valence-electron chi connectivity index (χ3n) is 1.77. The van der Waals surface area contributed by atoms with Gasteiger partial charge in [0.2, 0.25) is 0 Å². The molecule has 1 rings (SSSR count). The average molecular weight is 290 g/mol. The molecule has 1 aromatic carbocycles. The predicted molar refractivity (Wildman–Crippen MR) is 66.1 cm³/mol. The highest BCUT2D eigenvalue weighted by Gasteiger charge is 2.05. The van der Waals surface area contributed by atoms with Gasteiger partial charge in [0.05, 0.1) is 4.90 Å². The molecule has 5 heteroatoms. The first-order chi connectivity index (χ1) is 6.89. The molecule has 82 valence electrons. The normalized spacial score (nSPS) is 11.1. The smallest absolute Gasteiger partial charge is 0.175 e. The standard InChI is InChI=1S/C10H12BrNO2S/c1-8(11)7-12-9-3-5-10(6-4-9)15(2,13)14/h3-6,12H,1,7H2,2H3. The van der Waals surface area contributed by atoms with Crippen molar-refractivity contribution >= 4 is 31.5 Å². The van der Waals surface area contributed by atoms with Gasteiger partial charge >= 0.3 is 0 Å².